The van der Waals surface area contributed by atoms with Gasteiger partial charge in [-0.2, -0.15) is 0 Å². The van der Waals surface area contributed by atoms with Gasteiger partial charge in [-0.15, -0.1) is 0 Å². The Morgan fingerprint density at radius 3 is 2.22 bits per heavy atom. The van der Waals surface area contributed by atoms with Crippen LogP contribution in [0, 0.1) is 0 Å². The third-order valence-corrected chi connectivity index (χ3v) is 5.77. The number of rotatable bonds is 5. The van der Waals surface area contributed by atoms with Gasteiger partial charge in [-0.3, -0.25) is 14.5 Å². The lowest BCUT2D eigenvalue weighted by atomic mass is 10.00. The fraction of sp³-hybridized carbons (Fsp3) is 0.320. The molecule has 0 aliphatic carbocycles. The molecule has 2 aromatic rings. The largest absolute Gasteiger partial charge is 0.473 e. The summed E-state index contributed by atoms with van der Waals surface area (Å²) in [6.45, 7) is 3.58. The molecule has 190 valence electrons. The van der Waals surface area contributed by atoms with Crippen molar-refractivity contribution in [2.24, 2.45) is 5.16 Å². The smallest absolute Gasteiger partial charge is 0.414 e. The normalized spacial score (nSPS) is 15.6. The second kappa shape index (κ2) is 12.5. The third kappa shape index (κ3) is 7.12. The molecule has 2 aliphatic rings. The summed E-state index contributed by atoms with van der Waals surface area (Å²) in [7, 11) is 1.56. The topological polar surface area (TPSA) is 149 Å². The molecule has 1 saturated heterocycles. The van der Waals surface area contributed by atoms with E-state index in [0.29, 0.717) is 38.0 Å². The van der Waals surface area contributed by atoms with E-state index in [2.05, 4.69) is 15.4 Å². The molecule has 2 aliphatic heterocycles. The maximum Gasteiger partial charge on any atom is 0.414 e. The molecule has 11 nitrogen and oxygen atoms in total. The van der Waals surface area contributed by atoms with Crippen LogP contribution in [-0.2, 0) is 25.6 Å². The van der Waals surface area contributed by atoms with Gasteiger partial charge in [0.05, 0.1) is 0 Å². The number of hydrogen-bond acceptors (Lipinski definition) is 7. The summed E-state index contributed by atoms with van der Waals surface area (Å²) in [6, 6.07) is 15.6. The fourth-order valence-corrected chi connectivity index (χ4v) is 3.93. The third-order valence-electron chi connectivity index (χ3n) is 5.77. The van der Waals surface area contributed by atoms with Gasteiger partial charge in [0.2, 0.25) is 5.91 Å². The minimum Gasteiger partial charge on any atom is -0.473 e. The molecule has 0 saturated carbocycles. The van der Waals surface area contributed by atoms with Crippen LogP contribution in [-0.4, -0.2) is 89.3 Å². The Morgan fingerprint density at radius 2 is 1.61 bits per heavy atom. The van der Waals surface area contributed by atoms with E-state index < -0.39 is 11.9 Å². The van der Waals surface area contributed by atoms with E-state index >= 15 is 0 Å². The zero-order chi connectivity index (χ0) is 26.1. The SMILES string of the molecule is CO/N=C(\CN1CCN(C(=O)c2ccc3c(c2)CCC(=O)N3)CC1)c1ccccc1.O=C(O)C(=O)O. The first kappa shape index (κ1) is 26.4. The number of aryl methyl sites for hydroxylation is 1. The summed E-state index contributed by atoms with van der Waals surface area (Å²) in [5, 5.41) is 21.8. The molecule has 0 aromatic heterocycles. The number of nitrogens with one attached hydrogen (secondary N) is 1. The molecule has 3 N–H and O–H groups in total. The fourth-order valence-electron chi connectivity index (χ4n) is 3.93. The zero-order valence-electron chi connectivity index (χ0n) is 19.8. The van der Waals surface area contributed by atoms with Gasteiger partial charge in [0, 0.05) is 56.0 Å². The molecular weight excluding hydrogens is 468 g/mol. The van der Waals surface area contributed by atoms with Crippen LogP contribution in [0.25, 0.3) is 0 Å². The zero-order valence-corrected chi connectivity index (χ0v) is 19.8. The Bertz CT molecular complexity index is 1130. The molecule has 2 amide bonds. The summed E-state index contributed by atoms with van der Waals surface area (Å²) in [5.41, 5.74) is 4.46. The number of benzene rings is 2. The molecule has 2 heterocycles. The molecule has 0 atom stereocenters. The number of nitrogens with zero attached hydrogens (tertiary/aromatic N) is 3. The number of piperazine rings is 1. The van der Waals surface area contributed by atoms with E-state index in [1.54, 1.807) is 13.2 Å². The number of carbonyl (C=O) groups is 4. The van der Waals surface area contributed by atoms with Gasteiger partial charge in [-0.05, 0) is 30.2 Å². The molecule has 0 unspecified atom stereocenters. The number of hydrogen-bond donors (Lipinski definition) is 3. The molecule has 0 radical (unpaired) electrons. The van der Waals surface area contributed by atoms with Crippen LogP contribution < -0.4 is 5.32 Å². The van der Waals surface area contributed by atoms with Crippen LogP contribution in [0.4, 0.5) is 5.69 Å². The number of carboxylic acid groups (broad SMARTS) is 2. The van der Waals surface area contributed by atoms with Gasteiger partial charge in [0.15, 0.2) is 0 Å². The Labute approximate surface area is 207 Å². The van der Waals surface area contributed by atoms with Crippen molar-refractivity contribution in [2.45, 2.75) is 12.8 Å². The number of oxime groups is 1. The monoisotopic (exact) mass is 496 g/mol. The van der Waals surface area contributed by atoms with Crippen molar-refractivity contribution < 1.29 is 34.2 Å². The van der Waals surface area contributed by atoms with Crippen LogP contribution in [0.3, 0.4) is 0 Å². The molecule has 11 heteroatoms. The van der Waals surface area contributed by atoms with Crippen molar-refractivity contribution in [2.75, 3.05) is 45.2 Å². The number of aliphatic carboxylic acids is 2. The van der Waals surface area contributed by atoms with E-state index in [0.717, 1.165) is 35.6 Å². The maximum atomic E-state index is 13.0. The number of carboxylic acids is 2. The van der Waals surface area contributed by atoms with Crippen LogP contribution in [0.5, 0.6) is 0 Å². The molecular formula is C25H28N4O7. The first-order chi connectivity index (χ1) is 17.3. The first-order valence-electron chi connectivity index (χ1n) is 11.3. The lowest BCUT2D eigenvalue weighted by molar-refractivity contribution is -0.159. The predicted molar refractivity (Wildman–Crippen MR) is 131 cm³/mol. The lowest BCUT2D eigenvalue weighted by Gasteiger charge is -2.35. The van der Waals surface area contributed by atoms with Gasteiger partial charge >= 0.3 is 11.9 Å². The van der Waals surface area contributed by atoms with Gasteiger partial charge in [-0.25, -0.2) is 9.59 Å². The Balaban J connectivity index is 0.000000538. The number of anilines is 1. The molecule has 0 bridgehead atoms. The van der Waals surface area contributed by atoms with E-state index in [4.69, 9.17) is 24.6 Å². The maximum absolute atomic E-state index is 13.0. The van der Waals surface area contributed by atoms with Crippen LogP contribution in [0.1, 0.15) is 27.9 Å². The molecule has 2 aromatic carbocycles. The molecule has 0 spiro atoms. The second-order valence-electron chi connectivity index (χ2n) is 8.19. The molecule has 4 rings (SSSR count). The minimum atomic E-state index is -1.82. The van der Waals surface area contributed by atoms with Crippen molar-refractivity contribution in [1.82, 2.24) is 9.80 Å². The predicted octanol–water partition coefficient (Wildman–Crippen LogP) is 1.54. The first-order valence-corrected chi connectivity index (χ1v) is 11.3. The number of carbonyl (C=O) groups excluding carboxylic acids is 2. The molecule has 36 heavy (non-hydrogen) atoms. The Kier molecular flexibility index (Phi) is 9.12. The van der Waals surface area contributed by atoms with Crippen molar-refractivity contribution in [3.05, 3.63) is 65.2 Å². The van der Waals surface area contributed by atoms with Crippen LogP contribution in [0.15, 0.2) is 53.7 Å². The van der Waals surface area contributed by atoms with Gasteiger partial charge < -0.3 is 25.3 Å². The van der Waals surface area contributed by atoms with Crippen molar-refractivity contribution >= 4 is 35.2 Å². The van der Waals surface area contributed by atoms with Crippen LogP contribution >= 0.6 is 0 Å². The second-order valence-corrected chi connectivity index (χ2v) is 8.19. The Hall–Kier alpha value is -4.25. The summed E-state index contributed by atoms with van der Waals surface area (Å²) >= 11 is 0. The van der Waals surface area contributed by atoms with E-state index in [-0.39, 0.29) is 11.8 Å². The van der Waals surface area contributed by atoms with E-state index in [1.807, 2.05) is 47.4 Å². The standard InChI is InChI=1S/C23H26N4O3.C2H2O4/c1-30-25-21(17-5-3-2-4-6-17)16-26-11-13-27(14-12-26)23(29)19-7-9-20-18(15-19)8-10-22(28)24-20;3-1(4)2(5)6/h2-7,9,15H,8,10-14,16H2,1H3,(H,24,28);(H,3,4)(H,5,6)/b25-21+;. The minimum absolute atomic E-state index is 0.0320. The highest BCUT2D eigenvalue weighted by molar-refractivity contribution is 6.27. The lowest BCUT2D eigenvalue weighted by Crippen LogP contribution is -2.50. The van der Waals surface area contributed by atoms with Gasteiger partial charge in [0.25, 0.3) is 5.91 Å². The quantitative estimate of drug-likeness (QED) is 0.321. The summed E-state index contributed by atoms with van der Waals surface area (Å²) in [6.07, 6.45) is 1.15. The highest BCUT2D eigenvalue weighted by atomic mass is 16.6. The van der Waals surface area contributed by atoms with Crippen molar-refractivity contribution in [1.29, 1.82) is 0 Å². The highest BCUT2D eigenvalue weighted by Gasteiger charge is 2.24. The number of amides is 2. The van der Waals surface area contributed by atoms with Crippen molar-refractivity contribution in [3.63, 3.8) is 0 Å². The van der Waals surface area contributed by atoms with Gasteiger partial charge in [0.1, 0.15) is 12.8 Å². The summed E-state index contributed by atoms with van der Waals surface area (Å²) in [4.78, 5) is 51.9. The van der Waals surface area contributed by atoms with Crippen molar-refractivity contribution in [3.8, 4) is 0 Å². The Morgan fingerprint density at radius 1 is 0.944 bits per heavy atom. The summed E-state index contributed by atoms with van der Waals surface area (Å²) < 4.78 is 0. The van der Waals surface area contributed by atoms with Gasteiger partial charge in [-0.1, -0.05) is 35.5 Å². The number of fused-ring (bicyclic) bond motifs is 1. The summed E-state index contributed by atoms with van der Waals surface area (Å²) in [5.74, 6) is -3.57. The molecule has 1 fully saturated rings. The van der Waals surface area contributed by atoms with Crippen LogP contribution in [0.2, 0.25) is 0 Å². The van der Waals surface area contributed by atoms with E-state index in [9.17, 15) is 9.59 Å². The van der Waals surface area contributed by atoms with E-state index in [1.165, 1.54) is 0 Å². The highest BCUT2D eigenvalue weighted by Crippen LogP contribution is 2.24. The average Bonchev–Trinajstić information content (AvgIpc) is 2.89. The average molecular weight is 497 g/mol.